The second-order valence-corrected chi connectivity index (χ2v) is 8.90. The average molecular weight is 421 g/mol. The van der Waals surface area contributed by atoms with Gasteiger partial charge in [-0.25, -0.2) is 4.98 Å². The molecule has 3 rings (SSSR count). The van der Waals surface area contributed by atoms with Gasteiger partial charge in [0.2, 0.25) is 0 Å². The van der Waals surface area contributed by atoms with Crippen LogP contribution in [0.15, 0.2) is 65.7 Å². The fraction of sp³-hybridized carbons (Fsp3) is 0.250. The van der Waals surface area contributed by atoms with E-state index in [9.17, 15) is 5.26 Å². The van der Waals surface area contributed by atoms with Crippen LogP contribution in [-0.4, -0.2) is 22.9 Å². The molecule has 3 aromatic rings. The Bertz CT molecular complexity index is 967. The highest BCUT2D eigenvalue weighted by Crippen LogP contribution is 2.35. The van der Waals surface area contributed by atoms with Gasteiger partial charge in [0.15, 0.2) is 0 Å². The van der Waals surface area contributed by atoms with Gasteiger partial charge in [0, 0.05) is 16.2 Å². The first-order valence-corrected chi connectivity index (χ1v) is 11.8. The third kappa shape index (κ3) is 5.56. The molecule has 0 saturated heterocycles. The third-order valence-corrected chi connectivity index (χ3v) is 6.77. The number of pyridine rings is 1. The van der Waals surface area contributed by atoms with E-state index in [0.29, 0.717) is 5.56 Å². The van der Waals surface area contributed by atoms with Crippen molar-refractivity contribution in [1.82, 2.24) is 4.98 Å². The molecule has 0 saturated carbocycles. The van der Waals surface area contributed by atoms with Gasteiger partial charge in [-0.2, -0.15) is 17.0 Å². The van der Waals surface area contributed by atoms with Gasteiger partial charge in [-0.3, -0.25) is 0 Å². The van der Waals surface area contributed by atoms with Crippen LogP contribution >= 0.6 is 23.5 Å². The summed E-state index contributed by atoms with van der Waals surface area (Å²) in [7, 11) is 1.66. The molecule has 0 spiro atoms. The number of nitriles is 1. The van der Waals surface area contributed by atoms with Crippen molar-refractivity contribution in [3.05, 3.63) is 66.2 Å². The van der Waals surface area contributed by atoms with E-state index in [1.165, 1.54) is 12.8 Å². The van der Waals surface area contributed by atoms with E-state index in [0.717, 1.165) is 44.0 Å². The van der Waals surface area contributed by atoms with Crippen molar-refractivity contribution in [3.63, 3.8) is 0 Å². The molecule has 0 aliphatic heterocycles. The van der Waals surface area contributed by atoms with E-state index >= 15 is 0 Å². The second-order valence-electron chi connectivity index (χ2n) is 6.47. The van der Waals surface area contributed by atoms with Gasteiger partial charge in [0.05, 0.1) is 18.4 Å². The summed E-state index contributed by atoms with van der Waals surface area (Å²) in [6.45, 7) is 2.20. The first-order valence-electron chi connectivity index (χ1n) is 9.62. The van der Waals surface area contributed by atoms with E-state index in [4.69, 9.17) is 9.72 Å². The van der Waals surface area contributed by atoms with Gasteiger partial charge in [0.1, 0.15) is 16.8 Å². The van der Waals surface area contributed by atoms with Crippen LogP contribution in [0.5, 0.6) is 5.75 Å². The lowest BCUT2D eigenvalue weighted by Gasteiger charge is -2.13. The zero-order chi connectivity index (χ0) is 20.5. The Hall–Kier alpha value is -2.42. The molecule has 0 fully saturated rings. The lowest BCUT2D eigenvalue weighted by molar-refractivity contribution is 0.415. The molecular weight excluding hydrogens is 396 g/mol. The SMILES string of the molecule is CCCCSCSc1nc(-c2ccc(OC)cc2)cc(-c2ccccc2)c1C#N. The third-order valence-electron chi connectivity index (χ3n) is 4.49. The molecule has 0 N–H and O–H groups in total. The largest absolute Gasteiger partial charge is 0.497 e. The first-order chi connectivity index (χ1) is 14.3. The molecule has 0 unspecified atom stereocenters. The Morgan fingerprint density at radius 1 is 1.03 bits per heavy atom. The number of unbranched alkanes of at least 4 members (excludes halogenated alkanes) is 1. The second kappa shape index (κ2) is 10.9. The number of aromatic nitrogens is 1. The van der Waals surface area contributed by atoms with Gasteiger partial charge in [0.25, 0.3) is 0 Å². The van der Waals surface area contributed by atoms with E-state index in [-0.39, 0.29) is 0 Å². The number of hydrogen-bond acceptors (Lipinski definition) is 5. The Morgan fingerprint density at radius 2 is 1.79 bits per heavy atom. The Labute approximate surface area is 181 Å². The predicted octanol–water partition coefficient (Wildman–Crippen LogP) is 6.88. The molecule has 0 bridgehead atoms. The van der Waals surface area contributed by atoms with Crippen LogP contribution < -0.4 is 4.74 Å². The van der Waals surface area contributed by atoms with E-state index in [1.54, 1.807) is 18.9 Å². The van der Waals surface area contributed by atoms with Crippen molar-refractivity contribution < 1.29 is 4.74 Å². The van der Waals surface area contributed by atoms with Gasteiger partial charge in [-0.15, -0.1) is 0 Å². The summed E-state index contributed by atoms with van der Waals surface area (Å²) in [5.41, 5.74) is 4.48. The van der Waals surface area contributed by atoms with E-state index in [2.05, 4.69) is 13.0 Å². The minimum atomic E-state index is 0.648. The fourth-order valence-corrected chi connectivity index (χ4v) is 5.10. The topological polar surface area (TPSA) is 45.9 Å². The molecule has 1 aromatic heterocycles. The summed E-state index contributed by atoms with van der Waals surface area (Å²) in [5, 5.41) is 11.6. The summed E-state index contributed by atoms with van der Waals surface area (Å²) >= 11 is 3.55. The highest BCUT2D eigenvalue weighted by Gasteiger charge is 2.16. The smallest absolute Gasteiger partial charge is 0.118 e. The average Bonchev–Trinajstić information content (AvgIpc) is 2.79. The molecule has 0 radical (unpaired) electrons. The van der Waals surface area contributed by atoms with Crippen LogP contribution in [0.3, 0.4) is 0 Å². The predicted molar refractivity (Wildman–Crippen MR) is 124 cm³/mol. The maximum absolute atomic E-state index is 9.90. The van der Waals surface area contributed by atoms with Crippen molar-refractivity contribution in [2.45, 2.75) is 24.8 Å². The minimum Gasteiger partial charge on any atom is -0.497 e. The number of hydrogen-bond donors (Lipinski definition) is 0. The monoisotopic (exact) mass is 420 g/mol. The van der Waals surface area contributed by atoms with Crippen molar-refractivity contribution in [3.8, 4) is 34.2 Å². The molecule has 29 heavy (non-hydrogen) atoms. The van der Waals surface area contributed by atoms with E-state index in [1.807, 2.05) is 72.4 Å². The van der Waals surface area contributed by atoms with Crippen LogP contribution in [0.1, 0.15) is 25.3 Å². The van der Waals surface area contributed by atoms with Crippen molar-refractivity contribution in [1.29, 1.82) is 5.26 Å². The van der Waals surface area contributed by atoms with Gasteiger partial charge < -0.3 is 4.74 Å². The summed E-state index contributed by atoms with van der Waals surface area (Å²) in [5.74, 6) is 1.95. The number of thioether (sulfide) groups is 2. The molecule has 2 aromatic carbocycles. The molecule has 0 atom stereocenters. The van der Waals surface area contributed by atoms with Crippen LogP contribution in [0, 0.1) is 11.3 Å². The number of nitrogens with zero attached hydrogens (tertiary/aromatic N) is 2. The number of ether oxygens (including phenoxy) is 1. The summed E-state index contributed by atoms with van der Waals surface area (Å²) in [4.78, 5) is 4.86. The zero-order valence-corrected chi connectivity index (χ0v) is 18.4. The van der Waals surface area contributed by atoms with Crippen molar-refractivity contribution in [2.24, 2.45) is 0 Å². The molecule has 3 nitrogen and oxygen atoms in total. The van der Waals surface area contributed by atoms with Gasteiger partial charge >= 0.3 is 0 Å². The Morgan fingerprint density at radius 3 is 2.45 bits per heavy atom. The molecule has 1 heterocycles. The van der Waals surface area contributed by atoms with Crippen LogP contribution in [0.4, 0.5) is 0 Å². The van der Waals surface area contributed by atoms with Crippen molar-refractivity contribution in [2.75, 3.05) is 17.9 Å². The zero-order valence-electron chi connectivity index (χ0n) is 16.7. The number of rotatable bonds is 9. The lowest BCUT2D eigenvalue weighted by Crippen LogP contribution is -1.96. The molecule has 148 valence electrons. The quantitative estimate of drug-likeness (QED) is 0.214. The highest BCUT2D eigenvalue weighted by molar-refractivity contribution is 8.15. The van der Waals surface area contributed by atoms with Crippen LogP contribution in [0.25, 0.3) is 22.4 Å². The number of benzene rings is 2. The maximum atomic E-state index is 9.90. The van der Waals surface area contributed by atoms with Crippen molar-refractivity contribution >= 4 is 23.5 Å². The Balaban J connectivity index is 2.01. The maximum Gasteiger partial charge on any atom is 0.118 e. The van der Waals surface area contributed by atoms with Gasteiger partial charge in [-0.05, 0) is 48.1 Å². The summed E-state index contributed by atoms with van der Waals surface area (Å²) in [6, 6.07) is 22.4. The van der Waals surface area contributed by atoms with Gasteiger partial charge in [-0.1, -0.05) is 55.4 Å². The highest BCUT2D eigenvalue weighted by atomic mass is 32.2. The minimum absolute atomic E-state index is 0.648. The van der Waals surface area contributed by atoms with E-state index < -0.39 is 0 Å². The molecule has 0 aliphatic carbocycles. The molecule has 0 amide bonds. The first kappa shape index (κ1) is 21.3. The Kier molecular flexibility index (Phi) is 8.03. The molecule has 5 heteroatoms. The molecular formula is C24H24N2OS2. The molecule has 0 aliphatic rings. The lowest BCUT2D eigenvalue weighted by atomic mass is 9.99. The van der Waals surface area contributed by atoms with Crippen LogP contribution in [-0.2, 0) is 0 Å². The standard InChI is InChI=1S/C24H24N2OS2/c1-3-4-14-28-17-29-24-22(16-25)21(18-8-6-5-7-9-18)15-23(26-24)19-10-12-20(27-2)13-11-19/h5-13,15H,3-4,14,17H2,1-2H3. The summed E-state index contributed by atoms with van der Waals surface area (Å²) in [6.07, 6.45) is 2.41. The summed E-state index contributed by atoms with van der Waals surface area (Å²) < 4.78 is 5.27. The fourth-order valence-electron chi connectivity index (χ4n) is 2.89. The number of methoxy groups -OCH3 is 1. The van der Waals surface area contributed by atoms with Crippen LogP contribution in [0.2, 0.25) is 0 Å². The normalized spacial score (nSPS) is 10.5.